The van der Waals surface area contributed by atoms with Crippen LogP contribution in [0.3, 0.4) is 0 Å². The van der Waals surface area contributed by atoms with Crippen LogP contribution in [0.2, 0.25) is 0 Å². The van der Waals surface area contributed by atoms with Gasteiger partial charge in [-0.25, -0.2) is 0 Å². The largest absolute Gasteiger partial charge is 0.481 e. The molecule has 1 aliphatic rings. The van der Waals surface area contributed by atoms with Crippen LogP contribution in [0.25, 0.3) is 0 Å². The zero-order valence-corrected chi connectivity index (χ0v) is 7.43. The van der Waals surface area contributed by atoms with Gasteiger partial charge in [0.2, 0.25) is 0 Å². The van der Waals surface area contributed by atoms with Crippen LogP contribution < -0.4 is 0 Å². The number of allylic oxidation sites excluding steroid dienone is 4. The Kier molecular flexibility index (Phi) is 3.01. The zero-order valence-electron chi connectivity index (χ0n) is 7.43. The Bertz CT molecular complexity index is 276. The van der Waals surface area contributed by atoms with Crippen LogP contribution in [0.4, 0.5) is 0 Å². The lowest BCUT2D eigenvalue weighted by Gasteiger charge is -2.18. The molecule has 0 radical (unpaired) electrons. The molecule has 2 atom stereocenters. The third kappa shape index (κ3) is 2.05. The van der Waals surface area contributed by atoms with Crippen molar-refractivity contribution >= 4 is 11.8 Å². The SMILES string of the molecule is CCC(C(=O)O)C1C=CC=CC1=O. The molecule has 0 aromatic heterocycles. The standard InChI is InChI=1S/C10H12O3/c1-2-7(10(12)13)8-5-3-4-6-9(8)11/h3-8H,2H2,1H3,(H,12,13). The molecule has 1 aliphatic carbocycles. The fourth-order valence-corrected chi connectivity index (χ4v) is 1.45. The first-order valence-electron chi connectivity index (χ1n) is 4.28. The second-order valence-corrected chi connectivity index (χ2v) is 3.03. The Hall–Kier alpha value is -1.38. The molecular formula is C10H12O3. The zero-order chi connectivity index (χ0) is 9.84. The van der Waals surface area contributed by atoms with Crippen molar-refractivity contribution in [1.29, 1.82) is 0 Å². The maximum atomic E-state index is 11.3. The Labute approximate surface area is 76.8 Å². The lowest BCUT2D eigenvalue weighted by Crippen LogP contribution is -2.27. The minimum absolute atomic E-state index is 0.114. The van der Waals surface area contributed by atoms with E-state index >= 15 is 0 Å². The predicted octanol–water partition coefficient (Wildman–Crippen LogP) is 1.41. The van der Waals surface area contributed by atoms with E-state index in [4.69, 9.17) is 5.11 Å². The van der Waals surface area contributed by atoms with Gasteiger partial charge in [0.25, 0.3) is 0 Å². The van der Waals surface area contributed by atoms with E-state index in [-0.39, 0.29) is 5.78 Å². The van der Waals surface area contributed by atoms with Gasteiger partial charge in [0.05, 0.1) is 11.8 Å². The van der Waals surface area contributed by atoms with E-state index in [0.29, 0.717) is 6.42 Å². The molecule has 0 saturated heterocycles. The van der Waals surface area contributed by atoms with Gasteiger partial charge < -0.3 is 5.11 Å². The first-order chi connectivity index (χ1) is 6.16. The summed E-state index contributed by atoms with van der Waals surface area (Å²) in [6, 6.07) is 0. The van der Waals surface area contributed by atoms with E-state index in [1.54, 1.807) is 25.2 Å². The van der Waals surface area contributed by atoms with Crippen molar-refractivity contribution in [3.8, 4) is 0 Å². The highest BCUT2D eigenvalue weighted by molar-refractivity contribution is 5.97. The number of carbonyl (C=O) groups is 2. The third-order valence-electron chi connectivity index (χ3n) is 2.21. The summed E-state index contributed by atoms with van der Waals surface area (Å²) in [7, 11) is 0. The summed E-state index contributed by atoms with van der Waals surface area (Å²) >= 11 is 0. The van der Waals surface area contributed by atoms with Crippen molar-refractivity contribution in [3.05, 3.63) is 24.3 Å². The number of carboxylic acids is 1. The Morgan fingerprint density at radius 1 is 1.62 bits per heavy atom. The monoisotopic (exact) mass is 180 g/mol. The highest BCUT2D eigenvalue weighted by Crippen LogP contribution is 2.21. The highest BCUT2D eigenvalue weighted by atomic mass is 16.4. The van der Waals surface area contributed by atoms with E-state index < -0.39 is 17.8 Å². The average molecular weight is 180 g/mol. The van der Waals surface area contributed by atoms with Gasteiger partial charge in [0.15, 0.2) is 5.78 Å². The number of hydrogen-bond donors (Lipinski definition) is 1. The van der Waals surface area contributed by atoms with Crippen molar-refractivity contribution in [2.75, 3.05) is 0 Å². The lowest BCUT2D eigenvalue weighted by molar-refractivity contribution is -0.145. The summed E-state index contributed by atoms with van der Waals surface area (Å²) in [6.07, 6.45) is 6.91. The Balaban J connectivity index is 2.80. The molecule has 0 heterocycles. The summed E-state index contributed by atoms with van der Waals surface area (Å²) in [6.45, 7) is 1.78. The van der Waals surface area contributed by atoms with Crippen molar-refractivity contribution in [1.82, 2.24) is 0 Å². The number of hydrogen-bond acceptors (Lipinski definition) is 2. The molecule has 0 fully saturated rings. The fraction of sp³-hybridized carbons (Fsp3) is 0.400. The number of ketones is 1. The molecular weight excluding hydrogens is 168 g/mol. The van der Waals surface area contributed by atoms with Gasteiger partial charge in [0.1, 0.15) is 0 Å². The van der Waals surface area contributed by atoms with Crippen molar-refractivity contribution in [2.45, 2.75) is 13.3 Å². The predicted molar refractivity (Wildman–Crippen MR) is 48.2 cm³/mol. The number of carbonyl (C=O) groups excluding carboxylic acids is 1. The summed E-state index contributed by atoms with van der Waals surface area (Å²) in [5.41, 5.74) is 0. The topological polar surface area (TPSA) is 54.4 Å². The van der Waals surface area contributed by atoms with Crippen molar-refractivity contribution < 1.29 is 14.7 Å². The van der Waals surface area contributed by atoms with Crippen LogP contribution >= 0.6 is 0 Å². The quantitative estimate of drug-likeness (QED) is 0.714. The number of aliphatic carboxylic acids is 1. The van der Waals surface area contributed by atoms with E-state index in [2.05, 4.69) is 0 Å². The average Bonchev–Trinajstić information content (AvgIpc) is 2.09. The summed E-state index contributed by atoms with van der Waals surface area (Å²) in [5.74, 6) is -2.08. The highest BCUT2D eigenvalue weighted by Gasteiger charge is 2.29. The molecule has 1 N–H and O–H groups in total. The van der Waals surface area contributed by atoms with Gasteiger partial charge >= 0.3 is 5.97 Å². The maximum Gasteiger partial charge on any atom is 0.307 e. The summed E-state index contributed by atoms with van der Waals surface area (Å²) in [4.78, 5) is 22.1. The van der Waals surface area contributed by atoms with Gasteiger partial charge in [-0.2, -0.15) is 0 Å². The Morgan fingerprint density at radius 2 is 2.31 bits per heavy atom. The smallest absolute Gasteiger partial charge is 0.307 e. The van der Waals surface area contributed by atoms with Crippen LogP contribution in [0.5, 0.6) is 0 Å². The molecule has 0 aromatic rings. The molecule has 1 rings (SSSR count). The molecule has 0 aromatic carbocycles. The van der Waals surface area contributed by atoms with Crippen LogP contribution in [-0.2, 0) is 9.59 Å². The number of rotatable bonds is 3. The normalized spacial score (nSPS) is 23.2. The van der Waals surface area contributed by atoms with Crippen LogP contribution in [0, 0.1) is 11.8 Å². The molecule has 3 nitrogen and oxygen atoms in total. The lowest BCUT2D eigenvalue weighted by atomic mass is 9.84. The molecule has 13 heavy (non-hydrogen) atoms. The molecule has 0 saturated carbocycles. The maximum absolute atomic E-state index is 11.3. The third-order valence-corrected chi connectivity index (χ3v) is 2.21. The molecule has 0 bridgehead atoms. The molecule has 0 amide bonds. The summed E-state index contributed by atoms with van der Waals surface area (Å²) < 4.78 is 0. The van der Waals surface area contributed by atoms with Crippen molar-refractivity contribution in [3.63, 3.8) is 0 Å². The van der Waals surface area contributed by atoms with Gasteiger partial charge in [-0.15, -0.1) is 0 Å². The number of carboxylic acid groups (broad SMARTS) is 1. The fourth-order valence-electron chi connectivity index (χ4n) is 1.45. The van der Waals surface area contributed by atoms with E-state index in [1.807, 2.05) is 0 Å². The van der Waals surface area contributed by atoms with Gasteiger partial charge in [-0.3, -0.25) is 9.59 Å². The van der Waals surface area contributed by atoms with Crippen LogP contribution in [0.1, 0.15) is 13.3 Å². The van der Waals surface area contributed by atoms with E-state index in [9.17, 15) is 9.59 Å². The van der Waals surface area contributed by atoms with E-state index in [0.717, 1.165) is 0 Å². The first-order valence-corrected chi connectivity index (χ1v) is 4.28. The van der Waals surface area contributed by atoms with Gasteiger partial charge in [-0.1, -0.05) is 25.2 Å². The van der Waals surface area contributed by atoms with E-state index in [1.165, 1.54) is 6.08 Å². The Morgan fingerprint density at radius 3 is 2.77 bits per heavy atom. The van der Waals surface area contributed by atoms with Crippen molar-refractivity contribution in [2.24, 2.45) is 11.8 Å². The summed E-state index contributed by atoms with van der Waals surface area (Å²) in [5, 5.41) is 8.83. The van der Waals surface area contributed by atoms with Crippen LogP contribution in [-0.4, -0.2) is 16.9 Å². The molecule has 0 aliphatic heterocycles. The molecule has 0 spiro atoms. The second kappa shape index (κ2) is 4.03. The van der Waals surface area contributed by atoms with Gasteiger partial charge in [-0.05, 0) is 12.5 Å². The molecule has 2 unspecified atom stereocenters. The molecule has 70 valence electrons. The minimum Gasteiger partial charge on any atom is -0.481 e. The van der Waals surface area contributed by atoms with Gasteiger partial charge in [0, 0.05) is 0 Å². The first kappa shape index (κ1) is 9.71. The van der Waals surface area contributed by atoms with Crippen LogP contribution in [0.15, 0.2) is 24.3 Å². The molecule has 3 heteroatoms. The second-order valence-electron chi connectivity index (χ2n) is 3.03. The minimum atomic E-state index is -0.902.